The fourth-order valence-corrected chi connectivity index (χ4v) is 2.81. The summed E-state index contributed by atoms with van der Waals surface area (Å²) in [5.74, 6) is -1.10. The van der Waals surface area contributed by atoms with Crippen molar-refractivity contribution in [2.75, 3.05) is 12.9 Å². The van der Waals surface area contributed by atoms with Gasteiger partial charge in [-0.05, 0) is 29.8 Å². The average Bonchev–Trinajstić information content (AvgIpc) is 2.59. The van der Waals surface area contributed by atoms with Crippen molar-refractivity contribution in [3.63, 3.8) is 0 Å². The lowest BCUT2D eigenvalue weighted by atomic mass is 10.2. The molecule has 0 fully saturated rings. The molecule has 0 unspecified atom stereocenters. The Balaban J connectivity index is 1.86. The van der Waals surface area contributed by atoms with E-state index >= 15 is 0 Å². The minimum atomic E-state index is -1.32. The first kappa shape index (κ1) is 18.2. The van der Waals surface area contributed by atoms with Crippen LogP contribution in [0.1, 0.15) is 15.9 Å². The third kappa shape index (κ3) is 5.18. The summed E-state index contributed by atoms with van der Waals surface area (Å²) >= 11 is 5.79. The first-order valence-electron chi connectivity index (χ1n) is 7.08. The summed E-state index contributed by atoms with van der Waals surface area (Å²) in [6, 6.07) is 13.5. The van der Waals surface area contributed by atoms with Gasteiger partial charge in [0.05, 0.1) is 21.3 Å². The molecule has 0 heterocycles. The Hall–Kier alpha value is -2.18. The van der Waals surface area contributed by atoms with Crippen LogP contribution in [0.15, 0.2) is 53.4 Å². The molecule has 0 aliphatic heterocycles. The van der Waals surface area contributed by atoms with Crippen LogP contribution in [0.3, 0.4) is 0 Å². The molecular weight excluding hydrogens is 350 g/mol. The van der Waals surface area contributed by atoms with Gasteiger partial charge >= 0.3 is 5.97 Å². The SMILES string of the molecule is C[S@@](=O)c1ccccc1C(=O)OCC(=O)NCc1ccc(Cl)cc1. The minimum Gasteiger partial charge on any atom is -0.452 e. The molecule has 0 radical (unpaired) electrons. The fourth-order valence-electron chi connectivity index (χ4n) is 1.95. The van der Waals surface area contributed by atoms with Gasteiger partial charge in [-0.25, -0.2) is 4.79 Å². The molecule has 0 aliphatic rings. The van der Waals surface area contributed by atoms with E-state index in [-0.39, 0.29) is 5.56 Å². The highest BCUT2D eigenvalue weighted by Gasteiger charge is 2.15. The van der Waals surface area contributed by atoms with Crippen LogP contribution in [0, 0.1) is 0 Å². The number of rotatable bonds is 6. The van der Waals surface area contributed by atoms with Crippen LogP contribution in [0.5, 0.6) is 0 Å². The number of hydrogen-bond acceptors (Lipinski definition) is 4. The van der Waals surface area contributed by atoms with Gasteiger partial charge in [0, 0.05) is 17.8 Å². The summed E-state index contributed by atoms with van der Waals surface area (Å²) in [6.07, 6.45) is 1.48. The molecule has 2 aromatic carbocycles. The van der Waals surface area contributed by atoms with Crippen molar-refractivity contribution in [1.29, 1.82) is 0 Å². The quantitative estimate of drug-likeness (QED) is 0.798. The minimum absolute atomic E-state index is 0.198. The number of hydrogen-bond donors (Lipinski definition) is 1. The molecule has 1 amide bonds. The van der Waals surface area contributed by atoms with E-state index in [1.807, 2.05) is 0 Å². The van der Waals surface area contributed by atoms with Gasteiger partial charge in [-0.3, -0.25) is 9.00 Å². The number of nitrogens with one attached hydrogen (secondary N) is 1. The first-order chi connectivity index (χ1) is 11.5. The Morgan fingerprint density at radius 1 is 1.12 bits per heavy atom. The van der Waals surface area contributed by atoms with Gasteiger partial charge in [0.1, 0.15) is 0 Å². The van der Waals surface area contributed by atoms with Gasteiger partial charge in [-0.1, -0.05) is 35.9 Å². The standard InChI is InChI=1S/C17H16ClNO4S/c1-24(22)15-5-3-2-4-14(15)17(21)23-11-16(20)19-10-12-6-8-13(18)9-7-12/h2-9H,10-11H2,1H3,(H,19,20)/t24-/m1/s1. The Labute approximate surface area is 147 Å². The van der Waals surface area contributed by atoms with Crippen molar-refractivity contribution >= 4 is 34.3 Å². The number of halogens is 1. The van der Waals surface area contributed by atoms with Crippen LogP contribution in [0.25, 0.3) is 0 Å². The molecule has 0 aliphatic carbocycles. The van der Waals surface area contributed by atoms with E-state index < -0.39 is 29.3 Å². The van der Waals surface area contributed by atoms with Gasteiger partial charge in [0.25, 0.3) is 5.91 Å². The maximum Gasteiger partial charge on any atom is 0.339 e. The summed E-state index contributed by atoms with van der Waals surface area (Å²) in [7, 11) is -1.32. The van der Waals surface area contributed by atoms with E-state index in [0.29, 0.717) is 16.5 Å². The lowest BCUT2D eigenvalue weighted by molar-refractivity contribution is -0.124. The third-order valence-electron chi connectivity index (χ3n) is 3.15. The highest BCUT2D eigenvalue weighted by molar-refractivity contribution is 7.84. The molecule has 24 heavy (non-hydrogen) atoms. The summed E-state index contributed by atoms with van der Waals surface area (Å²) in [6.45, 7) is -0.0970. The van der Waals surface area contributed by atoms with Gasteiger partial charge in [0.15, 0.2) is 6.61 Å². The van der Waals surface area contributed by atoms with E-state index in [4.69, 9.17) is 16.3 Å². The maximum atomic E-state index is 12.0. The molecule has 1 atom stereocenters. The van der Waals surface area contributed by atoms with Crippen molar-refractivity contribution < 1.29 is 18.5 Å². The topological polar surface area (TPSA) is 72.5 Å². The van der Waals surface area contributed by atoms with Crippen molar-refractivity contribution in [3.05, 3.63) is 64.7 Å². The van der Waals surface area contributed by atoms with Crippen molar-refractivity contribution in [3.8, 4) is 0 Å². The van der Waals surface area contributed by atoms with Crippen LogP contribution in [0.4, 0.5) is 0 Å². The molecule has 0 spiro atoms. The number of amides is 1. The molecule has 2 aromatic rings. The third-order valence-corrected chi connectivity index (χ3v) is 4.38. The van der Waals surface area contributed by atoms with Gasteiger partial charge < -0.3 is 10.1 Å². The van der Waals surface area contributed by atoms with Crippen LogP contribution in [-0.2, 0) is 26.9 Å². The second-order valence-corrected chi connectivity index (χ2v) is 6.71. The van der Waals surface area contributed by atoms with Crippen LogP contribution in [0.2, 0.25) is 5.02 Å². The number of ether oxygens (including phenoxy) is 1. The molecule has 5 nitrogen and oxygen atoms in total. The number of carbonyl (C=O) groups excluding carboxylic acids is 2. The summed E-state index contributed by atoms with van der Waals surface area (Å²) in [5.41, 5.74) is 1.08. The Morgan fingerprint density at radius 2 is 1.79 bits per heavy atom. The zero-order valence-corrected chi connectivity index (χ0v) is 14.5. The molecule has 0 saturated heterocycles. The predicted molar refractivity (Wildman–Crippen MR) is 92.4 cm³/mol. The van der Waals surface area contributed by atoms with Crippen LogP contribution < -0.4 is 5.32 Å². The molecule has 2 rings (SSSR count). The highest BCUT2D eigenvalue weighted by atomic mass is 35.5. The summed E-state index contributed by atoms with van der Waals surface area (Å²) in [4.78, 5) is 24.2. The number of esters is 1. The lowest BCUT2D eigenvalue weighted by Crippen LogP contribution is -2.28. The molecule has 7 heteroatoms. The molecule has 0 bridgehead atoms. The Kier molecular flexibility index (Phi) is 6.52. The highest BCUT2D eigenvalue weighted by Crippen LogP contribution is 2.13. The van der Waals surface area contributed by atoms with Crippen molar-refractivity contribution in [2.24, 2.45) is 0 Å². The van der Waals surface area contributed by atoms with E-state index in [1.165, 1.54) is 12.3 Å². The fraction of sp³-hybridized carbons (Fsp3) is 0.176. The van der Waals surface area contributed by atoms with Gasteiger partial charge in [0.2, 0.25) is 0 Å². The zero-order chi connectivity index (χ0) is 17.5. The van der Waals surface area contributed by atoms with E-state index in [2.05, 4.69) is 5.32 Å². The Bertz CT molecular complexity index is 761. The summed E-state index contributed by atoms with van der Waals surface area (Å²) in [5, 5.41) is 3.26. The van der Waals surface area contributed by atoms with Gasteiger partial charge in [-0.15, -0.1) is 0 Å². The first-order valence-corrected chi connectivity index (χ1v) is 9.01. The van der Waals surface area contributed by atoms with Crippen molar-refractivity contribution in [2.45, 2.75) is 11.4 Å². The monoisotopic (exact) mass is 365 g/mol. The van der Waals surface area contributed by atoms with E-state index in [9.17, 15) is 13.8 Å². The molecule has 0 saturated carbocycles. The molecule has 126 valence electrons. The second-order valence-electron chi connectivity index (χ2n) is 4.93. The smallest absolute Gasteiger partial charge is 0.339 e. The zero-order valence-electron chi connectivity index (χ0n) is 13.0. The number of benzene rings is 2. The normalized spacial score (nSPS) is 11.6. The van der Waals surface area contributed by atoms with E-state index in [0.717, 1.165) is 5.56 Å². The lowest BCUT2D eigenvalue weighted by Gasteiger charge is -2.08. The molecular formula is C17H16ClNO4S. The van der Waals surface area contributed by atoms with Crippen LogP contribution in [-0.4, -0.2) is 28.9 Å². The van der Waals surface area contributed by atoms with Crippen LogP contribution >= 0.6 is 11.6 Å². The maximum absolute atomic E-state index is 12.0. The van der Waals surface area contributed by atoms with Gasteiger partial charge in [-0.2, -0.15) is 0 Å². The largest absolute Gasteiger partial charge is 0.452 e. The second kappa shape index (κ2) is 8.61. The average molecular weight is 366 g/mol. The summed E-state index contributed by atoms with van der Waals surface area (Å²) < 4.78 is 16.6. The van der Waals surface area contributed by atoms with Crippen molar-refractivity contribution in [1.82, 2.24) is 5.32 Å². The van der Waals surface area contributed by atoms with E-state index in [1.54, 1.807) is 42.5 Å². The Morgan fingerprint density at radius 3 is 2.46 bits per heavy atom. The molecule has 1 N–H and O–H groups in total. The molecule has 0 aromatic heterocycles. The predicted octanol–water partition coefficient (Wildman–Crippen LogP) is 2.55. The number of carbonyl (C=O) groups is 2.